The fraction of sp³-hybridized carbons (Fsp3) is 0.462. The Morgan fingerprint density at radius 3 is 2.48 bits per heavy atom. The maximum absolute atomic E-state index is 12.6. The second-order valence-corrected chi connectivity index (χ2v) is 5.07. The van der Waals surface area contributed by atoms with Gasteiger partial charge in [-0.3, -0.25) is 4.79 Å². The molecular weight excluding hydrogens is 289 g/mol. The molecule has 0 atom stereocenters. The Labute approximate surface area is 118 Å². The van der Waals surface area contributed by atoms with E-state index < -0.39 is 18.6 Å². The molecule has 1 saturated carbocycles. The number of benzene rings is 1. The van der Waals surface area contributed by atoms with Crippen LogP contribution in [0.25, 0.3) is 0 Å². The van der Waals surface area contributed by atoms with Crippen LogP contribution >= 0.6 is 0 Å². The lowest BCUT2D eigenvalue weighted by Gasteiger charge is -2.24. The minimum atomic E-state index is -4.44. The molecule has 0 unspecified atom stereocenters. The van der Waals surface area contributed by atoms with E-state index in [1.54, 1.807) is 0 Å². The molecule has 1 aromatic rings. The maximum atomic E-state index is 12.6. The van der Waals surface area contributed by atoms with Gasteiger partial charge in [0.15, 0.2) is 11.5 Å². The Morgan fingerprint density at radius 2 is 1.90 bits per heavy atom. The molecule has 1 aliphatic carbocycles. The summed E-state index contributed by atoms with van der Waals surface area (Å²) >= 11 is 0. The summed E-state index contributed by atoms with van der Waals surface area (Å²) in [5.41, 5.74) is 5.84. The minimum Gasteiger partial charge on any atom is -0.454 e. The quantitative estimate of drug-likeness (QED) is 0.869. The molecule has 1 aliphatic heterocycles. The van der Waals surface area contributed by atoms with E-state index in [9.17, 15) is 18.0 Å². The number of carbonyl (C=O) groups excluding carboxylic acids is 1. The molecule has 1 fully saturated rings. The summed E-state index contributed by atoms with van der Waals surface area (Å²) in [6, 6.07) is 2.36. The third-order valence-corrected chi connectivity index (χ3v) is 3.37. The van der Waals surface area contributed by atoms with Crippen LogP contribution in [-0.4, -0.2) is 36.4 Å². The van der Waals surface area contributed by atoms with Crippen molar-refractivity contribution in [2.24, 2.45) is 0 Å². The molecule has 1 aromatic carbocycles. The smallest absolute Gasteiger partial charge is 0.406 e. The van der Waals surface area contributed by atoms with Gasteiger partial charge in [0.05, 0.1) is 5.56 Å². The molecule has 2 aliphatic rings. The lowest BCUT2D eigenvalue weighted by molar-refractivity contribution is -0.141. The first kappa shape index (κ1) is 13.8. The molecule has 0 spiro atoms. The minimum absolute atomic E-state index is 0.00130. The van der Waals surface area contributed by atoms with Gasteiger partial charge in [-0.1, -0.05) is 0 Å². The van der Waals surface area contributed by atoms with Gasteiger partial charge in [-0.05, 0) is 18.9 Å². The average molecular weight is 302 g/mol. The number of fused-ring (bicyclic) bond motifs is 1. The molecule has 0 bridgehead atoms. The molecule has 1 heterocycles. The highest BCUT2D eigenvalue weighted by atomic mass is 19.4. The second-order valence-electron chi connectivity index (χ2n) is 5.07. The molecule has 5 nitrogen and oxygen atoms in total. The Bertz CT molecular complexity index is 585. The molecule has 114 valence electrons. The van der Waals surface area contributed by atoms with Crippen LogP contribution in [0.3, 0.4) is 0 Å². The third-order valence-electron chi connectivity index (χ3n) is 3.37. The predicted molar refractivity (Wildman–Crippen MR) is 67.1 cm³/mol. The van der Waals surface area contributed by atoms with Crippen molar-refractivity contribution in [2.45, 2.75) is 25.1 Å². The van der Waals surface area contributed by atoms with E-state index in [4.69, 9.17) is 15.2 Å². The molecule has 3 rings (SSSR count). The first-order chi connectivity index (χ1) is 9.85. The van der Waals surface area contributed by atoms with Gasteiger partial charge in [-0.25, -0.2) is 0 Å². The standard InChI is InChI=1S/C13H13F3N2O3/c14-13(15,16)5-18(7-1-2-7)12(19)8-3-10-11(4-9(8)17)21-6-20-10/h3-4,7H,1-2,5-6,17H2. The number of hydrogen-bond acceptors (Lipinski definition) is 4. The van der Waals surface area contributed by atoms with E-state index in [0.29, 0.717) is 24.3 Å². The lowest BCUT2D eigenvalue weighted by atomic mass is 10.1. The summed E-state index contributed by atoms with van der Waals surface area (Å²) in [4.78, 5) is 13.2. The molecular formula is C13H13F3N2O3. The molecule has 21 heavy (non-hydrogen) atoms. The highest BCUT2D eigenvalue weighted by molar-refractivity contribution is 6.00. The first-order valence-electron chi connectivity index (χ1n) is 6.42. The summed E-state index contributed by atoms with van der Waals surface area (Å²) in [7, 11) is 0. The SMILES string of the molecule is Nc1cc2c(cc1C(=O)N(CC(F)(F)F)C1CC1)OCO2. The van der Waals surface area contributed by atoms with Crippen molar-refractivity contribution in [3.05, 3.63) is 17.7 Å². The monoisotopic (exact) mass is 302 g/mol. The van der Waals surface area contributed by atoms with Gasteiger partial charge in [0.1, 0.15) is 6.54 Å². The zero-order chi connectivity index (χ0) is 15.2. The van der Waals surface area contributed by atoms with Crippen molar-refractivity contribution < 1.29 is 27.4 Å². The topological polar surface area (TPSA) is 64.8 Å². The van der Waals surface area contributed by atoms with Gasteiger partial charge in [-0.15, -0.1) is 0 Å². The Morgan fingerprint density at radius 1 is 1.29 bits per heavy atom. The van der Waals surface area contributed by atoms with Crippen LogP contribution in [0.4, 0.5) is 18.9 Å². The number of halogens is 3. The number of nitrogens with two attached hydrogens (primary N) is 1. The summed E-state index contributed by atoms with van der Waals surface area (Å²) in [6.45, 7) is -1.27. The van der Waals surface area contributed by atoms with Crippen molar-refractivity contribution in [3.8, 4) is 11.5 Å². The van der Waals surface area contributed by atoms with Crippen molar-refractivity contribution >= 4 is 11.6 Å². The zero-order valence-corrected chi connectivity index (χ0v) is 10.9. The number of amides is 1. The normalized spacial score (nSPS) is 16.9. The van der Waals surface area contributed by atoms with Crippen LogP contribution in [0.15, 0.2) is 12.1 Å². The van der Waals surface area contributed by atoms with Crippen LogP contribution in [0.2, 0.25) is 0 Å². The Kier molecular flexibility index (Phi) is 3.11. The highest BCUT2D eigenvalue weighted by Crippen LogP contribution is 2.38. The van der Waals surface area contributed by atoms with Gasteiger partial charge in [-0.2, -0.15) is 13.2 Å². The number of alkyl halides is 3. The average Bonchev–Trinajstić information content (AvgIpc) is 3.13. The van der Waals surface area contributed by atoms with E-state index in [-0.39, 0.29) is 24.1 Å². The molecule has 0 saturated heterocycles. The van der Waals surface area contributed by atoms with Gasteiger partial charge in [0, 0.05) is 17.8 Å². The zero-order valence-electron chi connectivity index (χ0n) is 10.9. The number of ether oxygens (including phenoxy) is 2. The Hall–Kier alpha value is -2.12. The van der Waals surface area contributed by atoms with Crippen molar-refractivity contribution in [3.63, 3.8) is 0 Å². The largest absolute Gasteiger partial charge is 0.454 e. The van der Waals surface area contributed by atoms with Gasteiger partial charge in [0.25, 0.3) is 5.91 Å². The number of carbonyl (C=O) groups is 1. The number of anilines is 1. The van der Waals surface area contributed by atoms with E-state index in [1.807, 2.05) is 0 Å². The molecule has 8 heteroatoms. The fourth-order valence-corrected chi connectivity index (χ4v) is 2.24. The van der Waals surface area contributed by atoms with E-state index in [1.165, 1.54) is 12.1 Å². The van der Waals surface area contributed by atoms with E-state index in [0.717, 1.165) is 4.90 Å². The molecule has 0 radical (unpaired) electrons. The predicted octanol–water partition coefficient (Wildman–Crippen LogP) is 2.16. The van der Waals surface area contributed by atoms with Crippen molar-refractivity contribution in [1.82, 2.24) is 4.90 Å². The fourth-order valence-electron chi connectivity index (χ4n) is 2.24. The van der Waals surface area contributed by atoms with Gasteiger partial charge >= 0.3 is 6.18 Å². The molecule has 0 aromatic heterocycles. The van der Waals surface area contributed by atoms with Crippen LogP contribution < -0.4 is 15.2 Å². The van der Waals surface area contributed by atoms with Crippen LogP contribution in [-0.2, 0) is 0 Å². The summed E-state index contributed by atoms with van der Waals surface area (Å²) < 4.78 is 48.1. The molecule has 2 N–H and O–H groups in total. The summed E-state index contributed by atoms with van der Waals surface area (Å²) in [5, 5.41) is 0. The van der Waals surface area contributed by atoms with E-state index in [2.05, 4.69) is 0 Å². The van der Waals surface area contributed by atoms with Gasteiger partial charge < -0.3 is 20.1 Å². The van der Waals surface area contributed by atoms with Crippen LogP contribution in [0.5, 0.6) is 11.5 Å². The summed E-state index contributed by atoms with van der Waals surface area (Å²) in [6.07, 6.45) is -3.29. The van der Waals surface area contributed by atoms with Crippen molar-refractivity contribution in [1.29, 1.82) is 0 Å². The molecule has 1 amide bonds. The number of nitrogen functional groups attached to an aromatic ring is 1. The van der Waals surface area contributed by atoms with Crippen LogP contribution in [0, 0.1) is 0 Å². The Balaban J connectivity index is 1.89. The van der Waals surface area contributed by atoms with Crippen molar-refractivity contribution in [2.75, 3.05) is 19.1 Å². The lowest BCUT2D eigenvalue weighted by Crippen LogP contribution is -2.40. The number of rotatable bonds is 3. The maximum Gasteiger partial charge on any atom is 0.406 e. The number of nitrogens with zero attached hydrogens (tertiary/aromatic N) is 1. The first-order valence-corrected chi connectivity index (χ1v) is 6.42. The van der Waals surface area contributed by atoms with Crippen LogP contribution in [0.1, 0.15) is 23.2 Å². The van der Waals surface area contributed by atoms with E-state index >= 15 is 0 Å². The summed E-state index contributed by atoms with van der Waals surface area (Å²) in [5.74, 6) is -0.0289. The van der Waals surface area contributed by atoms with Gasteiger partial charge in [0.2, 0.25) is 6.79 Å². The third kappa shape index (κ3) is 2.84. The number of hydrogen-bond donors (Lipinski definition) is 1. The second kappa shape index (κ2) is 4.71. The highest BCUT2D eigenvalue weighted by Gasteiger charge is 2.41.